The first-order chi connectivity index (χ1) is 12.7. The number of allylic oxidation sites excluding steroid dienone is 2. The van der Waals surface area contributed by atoms with Gasteiger partial charge in [0.15, 0.2) is 0 Å². The van der Waals surface area contributed by atoms with Crippen molar-refractivity contribution in [1.82, 2.24) is 0 Å². The number of halogens is 2. The Morgan fingerprint density at radius 2 is 1.46 bits per heavy atom. The minimum Gasteiger partial charge on any atom is -0.251 e. The average molecular weight is 361 g/mol. The first-order valence-corrected chi connectivity index (χ1v) is 10.7. The lowest BCUT2D eigenvalue weighted by Crippen LogP contribution is -2.25. The highest BCUT2D eigenvalue weighted by atomic mass is 19.1. The molecule has 0 heterocycles. The summed E-state index contributed by atoms with van der Waals surface area (Å²) in [7, 11) is 0. The highest BCUT2D eigenvalue weighted by molar-refractivity contribution is 5.16. The third-order valence-corrected chi connectivity index (χ3v) is 6.81. The van der Waals surface area contributed by atoms with Crippen LogP contribution < -0.4 is 0 Å². The van der Waals surface area contributed by atoms with E-state index >= 15 is 0 Å². The van der Waals surface area contributed by atoms with Crippen molar-refractivity contribution >= 4 is 0 Å². The Morgan fingerprint density at radius 1 is 0.846 bits per heavy atom. The molecule has 0 aliphatic heterocycles. The molecule has 0 spiro atoms. The summed E-state index contributed by atoms with van der Waals surface area (Å²) in [5.41, 5.74) is 1.27. The summed E-state index contributed by atoms with van der Waals surface area (Å²) >= 11 is 0. The van der Waals surface area contributed by atoms with E-state index in [1.165, 1.54) is 63.4 Å². The highest BCUT2D eigenvalue weighted by Crippen LogP contribution is 2.42. The van der Waals surface area contributed by atoms with E-state index in [2.05, 4.69) is 6.08 Å². The number of hydrogen-bond acceptors (Lipinski definition) is 0. The molecule has 0 N–H and O–H groups in total. The van der Waals surface area contributed by atoms with Crippen LogP contribution >= 0.6 is 0 Å². The molecular formula is C24H34F2. The lowest BCUT2D eigenvalue weighted by molar-refractivity contribution is 0.152. The molecule has 0 radical (unpaired) electrons. The zero-order valence-electron chi connectivity index (χ0n) is 16.0. The summed E-state index contributed by atoms with van der Waals surface area (Å²) in [4.78, 5) is 0. The van der Waals surface area contributed by atoms with Gasteiger partial charge < -0.3 is 0 Å². The molecular weight excluding hydrogens is 326 g/mol. The van der Waals surface area contributed by atoms with Crippen molar-refractivity contribution in [3.05, 3.63) is 47.8 Å². The van der Waals surface area contributed by atoms with Gasteiger partial charge >= 0.3 is 0 Å². The van der Waals surface area contributed by atoms with Crippen LogP contribution in [0.5, 0.6) is 0 Å². The maximum absolute atomic E-state index is 13.0. The Labute approximate surface area is 158 Å². The SMILES string of the molecule is FCC/C=C/C1CCC(C2CCC(CCc3ccc(F)cc3)CC2)CC1. The van der Waals surface area contributed by atoms with E-state index in [0.29, 0.717) is 12.3 Å². The molecule has 1 aromatic rings. The highest BCUT2D eigenvalue weighted by Gasteiger charge is 2.30. The van der Waals surface area contributed by atoms with Crippen LogP contribution in [0.1, 0.15) is 69.8 Å². The Morgan fingerprint density at radius 3 is 2.08 bits per heavy atom. The average Bonchev–Trinajstić information content (AvgIpc) is 2.69. The van der Waals surface area contributed by atoms with Gasteiger partial charge in [0.05, 0.1) is 6.67 Å². The molecule has 2 heteroatoms. The quantitative estimate of drug-likeness (QED) is 0.448. The molecule has 0 saturated heterocycles. The molecule has 0 unspecified atom stereocenters. The van der Waals surface area contributed by atoms with Gasteiger partial charge in [0.25, 0.3) is 0 Å². The van der Waals surface area contributed by atoms with Crippen LogP contribution in [0, 0.1) is 29.5 Å². The van der Waals surface area contributed by atoms with Crippen LogP contribution in [-0.4, -0.2) is 6.67 Å². The fraction of sp³-hybridized carbons (Fsp3) is 0.667. The van der Waals surface area contributed by atoms with Gasteiger partial charge in [-0.15, -0.1) is 0 Å². The monoisotopic (exact) mass is 360 g/mol. The molecule has 0 nitrogen and oxygen atoms in total. The molecule has 0 aromatic heterocycles. The molecule has 3 rings (SSSR count). The maximum atomic E-state index is 13.0. The van der Waals surface area contributed by atoms with E-state index in [1.807, 2.05) is 18.2 Å². The van der Waals surface area contributed by atoms with Crippen molar-refractivity contribution in [3.63, 3.8) is 0 Å². The Balaban J connectivity index is 1.34. The summed E-state index contributed by atoms with van der Waals surface area (Å²) in [6.45, 7) is -0.226. The fourth-order valence-corrected chi connectivity index (χ4v) is 5.13. The van der Waals surface area contributed by atoms with Crippen molar-refractivity contribution < 1.29 is 8.78 Å². The molecule has 26 heavy (non-hydrogen) atoms. The van der Waals surface area contributed by atoms with Crippen LogP contribution in [0.2, 0.25) is 0 Å². The second kappa shape index (κ2) is 10.2. The molecule has 1 aromatic carbocycles. The molecule has 0 atom stereocenters. The van der Waals surface area contributed by atoms with E-state index < -0.39 is 0 Å². The van der Waals surface area contributed by atoms with Crippen molar-refractivity contribution in [3.8, 4) is 0 Å². The number of alkyl halides is 1. The smallest absolute Gasteiger partial charge is 0.123 e. The van der Waals surface area contributed by atoms with E-state index in [1.54, 1.807) is 12.1 Å². The third kappa shape index (κ3) is 5.93. The largest absolute Gasteiger partial charge is 0.251 e. The lowest BCUT2D eigenvalue weighted by atomic mass is 9.68. The van der Waals surface area contributed by atoms with Crippen LogP contribution in [0.25, 0.3) is 0 Å². The standard InChI is InChI=1S/C24H34F2/c25-18-2-1-3-19-6-12-22(13-7-19)23-14-8-20(9-15-23)4-5-21-10-16-24(26)17-11-21/h1,3,10-11,16-17,19-20,22-23H,2,4-9,12-15,18H2/b3-1+. The van der Waals surface area contributed by atoms with E-state index in [-0.39, 0.29) is 12.5 Å². The van der Waals surface area contributed by atoms with Gasteiger partial charge in [-0.25, -0.2) is 4.39 Å². The van der Waals surface area contributed by atoms with Gasteiger partial charge in [-0.05, 0) is 99.2 Å². The van der Waals surface area contributed by atoms with Crippen molar-refractivity contribution in [1.29, 1.82) is 0 Å². The minimum atomic E-state index is -0.226. The second-order valence-corrected chi connectivity index (χ2v) is 8.53. The Kier molecular flexibility index (Phi) is 7.70. The Hall–Kier alpha value is -1.18. The molecule has 2 aliphatic carbocycles. The van der Waals surface area contributed by atoms with Gasteiger partial charge in [0.1, 0.15) is 5.82 Å². The first-order valence-electron chi connectivity index (χ1n) is 10.7. The van der Waals surface area contributed by atoms with E-state index in [0.717, 1.165) is 24.2 Å². The van der Waals surface area contributed by atoms with Gasteiger partial charge in [-0.3, -0.25) is 4.39 Å². The summed E-state index contributed by atoms with van der Waals surface area (Å²) in [5, 5.41) is 0. The molecule has 2 aliphatic rings. The van der Waals surface area contributed by atoms with Gasteiger partial charge in [-0.2, -0.15) is 0 Å². The number of benzene rings is 1. The molecule has 0 bridgehead atoms. The van der Waals surface area contributed by atoms with Crippen LogP contribution in [0.4, 0.5) is 8.78 Å². The minimum absolute atomic E-state index is 0.137. The van der Waals surface area contributed by atoms with Crippen molar-refractivity contribution in [2.75, 3.05) is 6.67 Å². The van der Waals surface area contributed by atoms with E-state index in [9.17, 15) is 8.78 Å². The summed E-state index contributed by atoms with van der Waals surface area (Å²) in [6.07, 6.45) is 18.1. The normalized spacial score (nSPS) is 29.9. The van der Waals surface area contributed by atoms with Gasteiger partial charge in [0.2, 0.25) is 0 Å². The lowest BCUT2D eigenvalue weighted by Gasteiger charge is -2.37. The maximum Gasteiger partial charge on any atom is 0.123 e. The summed E-state index contributed by atoms with van der Waals surface area (Å²) < 4.78 is 25.2. The van der Waals surface area contributed by atoms with Crippen molar-refractivity contribution in [2.24, 2.45) is 23.7 Å². The molecule has 2 saturated carbocycles. The molecule has 0 amide bonds. The number of rotatable bonds is 7. The number of aryl methyl sites for hydroxylation is 1. The first kappa shape index (κ1) is 19.6. The van der Waals surface area contributed by atoms with Crippen LogP contribution in [-0.2, 0) is 6.42 Å². The predicted octanol–water partition coefficient (Wildman–Crippen LogP) is 7.29. The summed E-state index contributed by atoms with van der Waals surface area (Å²) in [6, 6.07) is 7.02. The third-order valence-electron chi connectivity index (χ3n) is 6.81. The zero-order valence-corrected chi connectivity index (χ0v) is 16.0. The van der Waals surface area contributed by atoms with Crippen LogP contribution in [0.3, 0.4) is 0 Å². The molecule has 2 fully saturated rings. The number of hydrogen-bond donors (Lipinski definition) is 0. The molecule has 144 valence electrons. The van der Waals surface area contributed by atoms with Gasteiger partial charge in [0, 0.05) is 0 Å². The zero-order chi connectivity index (χ0) is 18.2. The Bertz CT molecular complexity index is 532. The summed E-state index contributed by atoms with van der Waals surface area (Å²) in [5.74, 6) is 3.29. The predicted molar refractivity (Wildman–Crippen MR) is 105 cm³/mol. The van der Waals surface area contributed by atoms with Crippen LogP contribution in [0.15, 0.2) is 36.4 Å². The van der Waals surface area contributed by atoms with E-state index in [4.69, 9.17) is 0 Å². The van der Waals surface area contributed by atoms with Gasteiger partial charge in [-0.1, -0.05) is 37.1 Å². The van der Waals surface area contributed by atoms with Crippen molar-refractivity contribution in [2.45, 2.75) is 70.6 Å². The fourth-order valence-electron chi connectivity index (χ4n) is 5.13. The second-order valence-electron chi connectivity index (χ2n) is 8.53. The topological polar surface area (TPSA) is 0 Å².